The Morgan fingerprint density at radius 3 is 2.72 bits per heavy atom. The molecule has 1 aliphatic rings. The average molecular weight is 454 g/mol. The molecule has 0 aliphatic carbocycles. The zero-order chi connectivity index (χ0) is 16.9. The van der Waals surface area contributed by atoms with Crippen LogP contribution in [0, 0.1) is 13.8 Å². The van der Waals surface area contributed by atoms with Crippen LogP contribution >= 0.6 is 24.0 Å². The van der Waals surface area contributed by atoms with Gasteiger partial charge >= 0.3 is 0 Å². The topological polar surface area (TPSA) is 67.1 Å². The quantitative estimate of drug-likeness (QED) is 0.424. The Hall–Kier alpha value is -1.64. The minimum Gasteiger partial charge on any atom is -0.352 e. The van der Waals surface area contributed by atoms with Gasteiger partial charge in [-0.2, -0.15) is 0 Å². The van der Waals surface area contributed by atoms with Gasteiger partial charge in [0, 0.05) is 26.6 Å². The van der Waals surface area contributed by atoms with Crippen molar-refractivity contribution in [3.8, 4) is 0 Å². The number of fused-ring (bicyclic) bond motifs is 1. The summed E-state index contributed by atoms with van der Waals surface area (Å²) >= 11 is 0. The highest BCUT2D eigenvalue weighted by Gasteiger charge is 2.15. The van der Waals surface area contributed by atoms with Crippen molar-refractivity contribution in [1.82, 2.24) is 25.4 Å². The second-order valence-corrected chi connectivity index (χ2v) is 6.35. The average Bonchev–Trinajstić information content (AvgIpc) is 3.00. The Balaban J connectivity index is 0.00000225. The summed E-state index contributed by atoms with van der Waals surface area (Å²) in [6.07, 6.45) is 3.45. The molecule has 1 aromatic heterocycles. The smallest absolute Gasteiger partial charge is 0.191 e. The van der Waals surface area contributed by atoms with E-state index in [1.165, 1.54) is 29.5 Å². The van der Waals surface area contributed by atoms with Gasteiger partial charge in [-0.25, -0.2) is 0 Å². The van der Waals surface area contributed by atoms with Crippen molar-refractivity contribution in [2.75, 3.05) is 7.05 Å². The zero-order valence-corrected chi connectivity index (χ0v) is 17.5. The number of nitrogens with one attached hydrogen (secondary N) is 2. The normalized spacial score (nSPS) is 13.8. The van der Waals surface area contributed by atoms with Gasteiger partial charge < -0.3 is 15.2 Å². The molecule has 0 saturated carbocycles. The summed E-state index contributed by atoms with van der Waals surface area (Å²) in [5.41, 5.74) is 3.86. The van der Waals surface area contributed by atoms with Gasteiger partial charge in [0.15, 0.2) is 11.8 Å². The van der Waals surface area contributed by atoms with Crippen molar-refractivity contribution in [3.63, 3.8) is 0 Å². The number of aliphatic imine (C=N–C) groups is 1. The monoisotopic (exact) mass is 454 g/mol. The van der Waals surface area contributed by atoms with E-state index in [0.29, 0.717) is 6.54 Å². The highest BCUT2D eigenvalue weighted by Crippen LogP contribution is 2.14. The van der Waals surface area contributed by atoms with Crippen LogP contribution in [0.1, 0.15) is 41.2 Å². The number of aryl methyl sites for hydroxylation is 3. The van der Waals surface area contributed by atoms with Crippen LogP contribution in [-0.2, 0) is 26.1 Å². The molecule has 0 saturated heterocycles. The first kappa shape index (κ1) is 19.7. The molecule has 1 aliphatic heterocycles. The van der Waals surface area contributed by atoms with Gasteiger partial charge in [-0.05, 0) is 37.8 Å². The number of hydrogen-bond acceptors (Lipinski definition) is 3. The van der Waals surface area contributed by atoms with Gasteiger partial charge in [-0.15, -0.1) is 34.2 Å². The molecule has 2 N–H and O–H groups in total. The Kier molecular flexibility index (Phi) is 7.22. The molecule has 2 heterocycles. The number of aromatic nitrogens is 3. The zero-order valence-electron chi connectivity index (χ0n) is 15.2. The summed E-state index contributed by atoms with van der Waals surface area (Å²) in [7, 11) is 1.79. The molecule has 0 fully saturated rings. The molecule has 2 aromatic rings. The van der Waals surface area contributed by atoms with E-state index >= 15 is 0 Å². The summed E-state index contributed by atoms with van der Waals surface area (Å²) < 4.78 is 2.23. The summed E-state index contributed by atoms with van der Waals surface area (Å²) in [6, 6.07) is 6.51. The van der Waals surface area contributed by atoms with E-state index in [4.69, 9.17) is 0 Å². The molecular formula is C18H27IN6. The molecular weight excluding hydrogens is 427 g/mol. The molecule has 25 heavy (non-hydrogen) atoms. The third-order valence-corrected chi connectivity index (χ3v) is 4.52. The number of benzene rings is 1. The Bertz CT molecular complexity index is 737. The molecule has 0 amide bonds. The van der Waals surface area contributed by atoms with Crippen molar-refractivity contribution in [1.29, 1.82) is 0 Å². The second kappa shape index (κ2) is 9.17. The molecule has 3 rings (SSSR count). The van der Waals surface area contributed by atoms with E-state index < -0.39 is 0 Å². The molecule has 0 unspecified atom stereocenters. The van der Waals surface area contributed by atoms with Gasteiger partial charge in [0.25, 0.3) is 0 Å². The first-order valence-corrected chi connectivity index (χ1v) is 8.59. The summed E-state index contributed by atoms with van der Waals surface area (Å²) in [6.45, 7) is 6.67. The Morgan fingerprint density at radius 2 is 1.96 bits per heavy atom. The van der Waals surface area contributed by atoms with E-state index in [9.17, 15) is 0 Å². The van der Waals surface area contributed by atoms with E-state index in [0.717, 1.165) is 37.1 Å². The van der Waals surface area contributed by atoms with Crippen LogP contribution in [0.3, 0.4) is 0 Å². The van der Waals surface area contributed by atoms with E-state index in [1.54, 1.807) is 7.05 Å². The van der Waals surface area contributed by atoms with Crippen LogP contribution in [0.5, 0.6) is 0 Å². The van der Waals surface area contributed by atoms with Crippen molar-refractivity contribution < 1.29 is 0 Å². The molecule has 0 radical (unpaired) electrons. The summed E-state index contributed by atoms with van der Waals surface area (Å²) in [4.78, 5) is 4.30. The Morgan fingerprint density at radius 1 is 1.16 bits per heavy atom. The number of rotatable bonds is 4. The number of hydrogen-bond donors (Lipinski definition) is 2. The largest absolute Gasteiger partial charge is 0.352 e. The highest BCUT2D eigenvalue weighted by molar-refractivity contribution is 14.0. The van der Waals surface area contributed by atoms with E-state index in [2.05, 4.69) is 62.4 Å². The van der Waals surface area contributed by atoms with Gasteiger partial charge in [-0.3, -0.25) is 4.99 Å². The van der Waals surface area contributed by atoms with Gasteiger partial charge in [0.05, 0.1) is 6.54 Å². The Labute approximate surface area is 166 Å². The first-order chi connectivity index (χ1) is 11.7. The van der Waals surface area contributed by atoms with Crippen LogP contribution in [0.4, 0.5) is 0 Å². The standard InChI is InChI=1S/C18H26N6.HI/c1-13-7-8-15(14(2)10-13)11-20-18(19-3)21-12-17-23-22-16-6-4-5-9-24(16)17;/h7-8,10H,4-6,9,11-12H2,1-3H3,(H2,19,20,21);1H. The van der Waals surface area contributed by atoms with Gasteiger partial charge in [0.1, 0.15) is 5.82 Å². The second-order valence-electron chi connectivity index (χ2n) is 6.35. The van der Waals surface area contributed by atoms with Crippen LogP contribution in [0.25, 0.3) is 0 Å². The van der Waals surface area contributed by atoms with Crippen molar-refractivity contribution >= 4 is 29.9 Å². The number of halogens is 1. The van der Waals surface area contributed by atoms with Gasteiger partial charge in [0.2, 0.25) is 0 Å². The van der Waals surface area contributed by atoms with Crippen LogP contribution in [0.15, 0.2) is 23.2 Å². The molecule has 0 spiro atoms. The highest BCUT2D eigenvalue weighted by atomic mass is 127. The van der Waals surface area contributed by atoms with Crippen molar-refractivity contribution in [2.45, 2.75) is 52.7 Å². The SMILES string of the molecule is CN=C(NCc1ccc(C)cc1C)NCc1nnc2n1CCCC2.I. The number of guanidine groups is 1. The van der Waals surface area contributed by atoms with Crippen molar-refractivity contribution in [2.24, 2.45) is 4.99 Å². The lowest BCUT2D eigenvalue weighted by atomic mass is 10.1. The predicted molar refractivity (Wildman–Crippen MR) is 111 cm³/mol. The minimum atomic E-state index is 0. The predicted octanol–water partition coefficient (Wildman–Crippen LogP) is 2.71. The van der Waals surface area contributed by atoms with Crippen LogP contribution in [-0.4, -0.2) is 27.8 Å². The van der Waals surface area contributed by atoms with Crippen molar-refractivity contribution in [3.05, 3.63) is 46.5 Å². The van der Waals surface area contributed by atoms with Crippen LogP contribution < -0.4 is 10.6 Å². The summed E-state index contributed by atoms with van der Waals surface area (Å²) in [5.74, 6) is 2.87. The molecule has 0 bridgehead atoms. The first-order valence-electron chi connectivity index (χ1n) is 8.59. The lowest BCUT2D eigenvalue weighted by Gasteiger charge is -2.16. The lowest BCUT2D eigenvalue weighted by Crippen LogP contribution is -2.37. The third-order valence-electron chi connectivity index (χ3n) is 4.52. The molecule has 7 heteroatoms. The fourth-order valence-corrected chi connectivity index (χ4v) is 3.11. The third kappa shape index (κ3) is 4.93. The fourth-order valence-electron chi connectivity index (χ4n) is 3.11. The van der Waals surface area contributed by atoms with E-state index in [1.807, 2.05) is 0 Å². The maximum atomic E-state index is 4.31. The lowest BCUT2D eigenvalue weighted by molar-refractivity contribution is 0.504. The number of nitrogens with zero attached hydrogens (tertiary/aromatic N) is 4. The molecule has 1 aromatic carbocycles. The van der Waals surface area contributed by atoms with E-state index in [-0.39, 0.29) is 24.0 Å². The molecule has 0 atom stereocenters. The molecule has 136 valence electrons. The minimum absolute atomic E-state index is 0. The summed E-state index contributed by atoms with van der Waals surface area (Å²) in [5, 5.41) is 15.3. The fraction of sp³-hybridized carbons (Fsp3) is 0.500. The maximum absolute atomic E-state index is 4.31. The maximum Gasteiger partial charge on any atom is 0.191 e. The molecule has 6 nitrogen and oxygen atoms in total. The van der Waals surface area contributed by atoms with Crippen LogP contribution in [0.2, 0.25) is 0 Å². The van der Waals surface area contributed by atoms with Gasteiger partial charge in [-0.1, -0.05) is 23.8 Å².